The highest BCUT2D eigenvalue weighted by Crippen LogP contribution is 2.18. The molecule has 2 aromatic carbocycles. The van der Waals surface area contributed by atoms with Crippen molar-refractivity contribution < 1.29 is 8.42 Å². The van der Waals surface area contributed by atoms with Crippen molar-refractivity contribution in [1.82, 2.24) is 15.6 Å². The Morgan fingerprint density at radius 3 is 2.52 bits per heavy atom. The highest BCUT2D eigenvalue weighted by molar-refractivity contribution is 7.90. The summed E-state index contributed by atoms with van der Waals surface area (Å²) in [6.45, 7) is 4.25. The van der Waals surface area contributed by atoms with Gasteiger partial charge in [-0.2, -0.15) is 0 Å². The maximum absolute atomic E-state index is 11.5. The largest absolute Gasteiger partial charge is 0.361 e. The van der Waals surface area contributed by atoms with Gasteiger partial charge < -0.3 is 15.6 Å². The summed E-state index contributed by atoms with van der Waals surface area (Å²) in [6.07, 6.45) is 4.93. The van der Waals surface area contributed by atoms with E-state index in [2.05, 4.69) is 45.0 Å². The lowest BCUT2D eigenvalue weighted by atomic mass is 10.1. The Hall–Kier alpha value is -2.80. The molecule has 7 heteroatoms. The van der Waals surface area contributed by atoms with E-state index in [9.17, 15) is 8.42 Å². The molecule has 154 valence electrons. The summed E-state index contributed by atoms with van der Waals surface area (Å²) < 4.78 is 23.1. The van der Waals surface area contributed by atoms with Gasteiger partial charge in [0.25, 0.3) is 0 Å². The Morgan fingerprint density at radius 1 is 1.03 bits per heavy atom. The van der Waals surface area contributed by atoms with Crippen molar-refractivity contribution in [2.24, 2.45) is 4.99 Å². The number of hydrogen-bond acceptors (Lipinski definition) is 3. The summed E-state index contributed by atoms with van der Waals surface area (Å²) >= 11 is 0. The van der Waals surface area contributed by atoms with Crippen LogP contribution in [0, 0.1) is 0 Å². The Labute approximate surface area is 172 Å². The van der Waals surface area contributed by atoms with Gasteiger partial charge in [-0.1, -0.05) is 30.3 Å². The number of nitrogens with zero attached hydrogens (tertiary/aromatic N) is 1. The molecular formula is C22H28N4O2S. The van der Waals surface area contributed by atoms with E-state index in [1.54, 1.807) is 12.1 Å². The summed E-state index contributed by atoms with van der Waals surface area (Å²) in [5.41, 5.74) is 3.50. The molecule has 1 aromatic heterocycles. The minimum atomic E-state index is -3.15. The third-order valence-electron chi connectivity index (χ3n) is 4.73. The minimum Gasteiger partial charge on any atom is -0.361 e. The standard InChI is InChI=1S/C22H28N4O2S/c1-3-23-22(24-14-12-17-8-10-19(11-9-17)29(2,27)28)25-15-13-18-16-26-21-7-5-4-6-20(18)21/h4-11,16,26H,3,12-15H2,1-2H3,(H2,23,24,25). The van der Waals surface area contributed by atoms with Crippen LogP contribution in [0.25, 0.3) is 10.9 Å². The van der Waals surface area contributed by atoms with E-state index < -0.39 is 9.84 Å². The van der Waals surface area contributed by atoms with Crippen LogP contribution in [0.15, 0.2) is 64.6 Å². The van der Waals surface area contributed by atoms with Crippen molar-refractivity contribution in [1.29, 1.82) is 0 Å². The third kappa shape index (κ3) is 5.84. The summed E-state index contributed by atoms with van der Waals surface area (Å²) in [5, 5.41) is 7.86. The first-order valence-electron chi connectivity index (χ1n) is 9.83. The van der Waals surface area contributed by atoms with Crippen molar-refractivity contribution in [2.75, 3.05) is 25.9 Å². The lowest BCUT2D eigenvalue weighted by molar-refractivity contribution is 0.602. The van der Waals surface area contributed by atoms with Crippen LogP contribution >= 0.6 is 0 Å². The van der Waals surface area contributed by atoms with Crippen molar-refractivity contribution >= 4 is 26.7 Å². The molecule has 0 unspecified atom stereocenters. The predicted octanol–water partition coefficient (Wildman–Crippen LogP) is 2.91. The normalized spacial score (nSPS) is 12.3. The highest BCUT2D eigenvalue weighted by atomic mass is 32.2. The number of sulfone groups is 1. The lowest BCUT2D eigenvalue weighted by Gasteiger charge is -2.11. The first kappa shape index (κ1) is 20.9. The van der Waals surface area contributed by atoms with E-state index in [0.717, 1.165) is 43.0 Å². The van der Waals surface area contributed by atoms with Gasteiger partial charge in [-0.15, -0.1) is 0 Å². The van der Waals surface area contributed by atoms with Gasteiger partial charge >= 0.3 is 0 Å². The molecule has 0 atom stereocenters. The number of guanidine groups is 1. The number of aliphatic imine (C=N–C) groups is 1. The molecule has 0 aliphatic heterocycles. The summed E-state index contributed by atoms with van der Waals surface area (Å²) in [7, 11) is -3.15. The molecular weight excluding hydrogens is 384 g/mol. The van der Waals surface area contributed by atoms with Crippen LogP contribution in [0.4, 0.5) is 0 Å². The molecule has 0 radical (unpaired) electrons. The van der Waals surface area contributed by atoms with Gasteiger partial charge in [-0.3, -0.25) is 4.99 Å². The zero-order chi connectivity index (χ0) is 20.7. The van der Waals surface area contributed by atoms with Crippen LogP contribution in [0.2, 0.25) is 0 Å². The highest BCUT2D eigenvalue weighted by Gasteiger charge is 2.06. The van der Waals surface area contributed by atoms with Gasteiger partial charge in [0.2, 0.25) is 0 Å². The number of hydrogen-bond donors (Lipinski definition) is 3. The first-order valence-corrected chi connectivity index (χ1v) is 11.7. The van der Waals surface area contributed by atoms with Crippen LogP contribution in [0.5, 0.6) is 0 Å². The fourth-order valence-corrected chi connectivity index (χ4v) is 3.83. The fourth-order valence-electron chi connectivity index (χ4n) is 3.20. The number of rotatable bonds is 8. The summed E-state index contributed by atoms with van der Waals surface area (Å²) in [4.78, 5) is 8.32. The molecule has 0 saturated heterocycles. The Bertz CT molecular complexity index is 1070. The number of H-pyrrole nitrogens is 1. The second kappa shape index (κ2) is 9.60. The van der Waals surface area contributed by atoms with Gasteiger partial charge in [0.1, 0.15) is 0 Å². The first-order chi connectivity index (χ1) is 14.0. The van der Waals surface area contributed by atoms with Crippen molar-refractivity contribution in [3.05, 3.63) is 65.9 Å². The van der Waals surface area contributed by atoms with E-state index in [4.69, 9.17) is 0 Å². The average molecular weight is 413 g/mol. The molecule has 29 heavy (non-hydrogen) atoms. The topological polar surface area (TPSA) is 86.3 Å². The number of benzene rings is 2. The molecule has 0 amide bonds. The van der Waals surface area contributed by atoms with Crippen LogP contribution in [0.1, 0.15) is 18.1 Å². The summed E-state index contributed by atoms with van der Waals surface area (Å²) in [6, 6.07) is 15.3. The van der Waals surface area contributed by atoms with Crippen molar-refractivity contribution in [3.63, 3.8) is 0 Å². The molecule has 0 saturated carbocycles. The zero-order valence-electron chi connectivity index (χ0n) is 16.9. The molecule has 6 nitrogen and oxygen atoms in total. The van der Waals surface area contributed by atoms with Gasteiger partial charge in [0.15, 0.2) is 15.8 Å². The molecule has 0 spiro atoms. The molecule has 3 aromatic rings. The third-order valence-corrected chi connectivity index (χ3v) is 5.86. The van der Waals surface area contributed by atoms with E-state index in [1.807, 2.05) is 25.1 Å². The molecule has 0 fully saturated rings. The second-order valence-corrected chi connectivity index (χ2v) is 8.98. The van der Waals surface area contributed by atoms with Gasteiger partial charge in [-0.05, 0) is 49.1 Å². The van der Waals surface area contributed by atoms with Gasteiger partial charge in [0.05, 0.1) is 4.90 Å². The number of para-hydroxylation sites is 1. The SMILES string of the molecule is CCNC(=NCCc1c[nH]c2ccccc12)NCCc1ccc(S(C)(=O)=O)cc1. The molecule has 3 rings (SSSR count). The average Bonchev–Trinajstić information content (AvgIpc) is 3.11. The zero-order valence-corrected chi connectivity index (χ0v) is 17.7. The minimum absolute atomic E-state index is 0.349. The molecule has 0 aliphatic rings. The maximum atomic E-state index is 11.5. The number of aromatic nitrogens is 1. The number of fused-ring (bicyclic) bond motifs is 1. The van der Waals surface area contributed by atoms with E-state index in [1.165, 1.54) is 17.2 Å². The van der Waals surface area contributed by atoms with Crippen LogP contribution in [-0.4, -0.2) is 45.3 Å². The smallest absolute Gasteiger partial charge is 0.191 e. The van der Waals surface area contributed by atoms with Crippen molar-refractivity contribution in [3.8, 4) is 0 Å². The van der Waals surface area contributed by atoms with Gasteiger partial charge in [0, 0.05) is 43.0 Å². The second-order valence-electron chi connectivity index (χ2n) is 6.96. The number of aromatic amines is 1. The molecule has 0 bridgehead atoms. The fraction of sp³-hybridized carbons (Fsp3) is 0.318. The monoisotopic (exact) mass is 412 g/mol. The van der Waals surface area contributed by atoms with Crippen LogP contribution in [-0.2, 0) is 22.7 Å². The Balaban J connectivity index is 1.52. The molecule has 3 N–H and O–H groups in total. The Kier molecular flexibility index (Phi) is 6.93. The lowest BCUT2D eigenvalue weighted by Crippen LogP contribution is -2.38. The maximum Gasteiger partial charge on any atom is 0.191 e. The predicted molar refractivity (Wildman–Crippen MR) is 119 cm³/mol. The van der Waals surface area contributed by atoms with E-state index in [0.29, 0.717) is 11.4 Å². The van der Waals surface area contributed by atoms with Crippen LogP contribution < -0.4 is 10.6 Å². The summed E-state index contributed by atoms with van der Waals surface area (Å²) in [5.74, 6) is 0.792. The Morgan fingerprint density at radius 2 is 1.79 bits per heavy atom. The molecule has 0 aliphatic carbocycles. The molecule has 1 heterocycles. The quantitative estimate of drug-likeness (QED) is 0.392. The van der Waals surface area contributed by atoms with E-state index in [-0.39, 0.29) is 0 Å². The van der Waals surface area contributed by atoms with E-state index >= 15 is 0 Å². The van der Waals surface area contributed by atoms with Gasteiger partial charge in [-0.25, -0.2) is 8.42 Å². The van der Waals surface area contributed by atoms with Crippen LogP contribution in [0.3, 0.4) is 0 Å². The number of nitrogens with one attached hydrogen (secondary N) is 3. The van der Waals surface area contributed by atoms with Crippen molar-refractivity contribution in [2.45, 2.75) is 24.7 Å².